The summed E-state index contributed by atoms with van der Waals surface area (Å²) >= 11 is 0. The van der Waals surface area contributed by atoms with Gasteiger partial charge in [-0.25, -0.2) is 4.79 Å². The van der Waals surface area contributed by atoms with E-state index in [0.717, 1.165) is 23.4 Å². The maximum absolute atomic E-state index is 12.3. The van der Waals surface area contributed by atoms with Gasteiger partial charge < -0.3 is 11.1 Å². The van der Waals surface area contributed by atoms with Crippen LogP contribution in [0.5, 0.6) is 0 Å². The van der Waals surface area contributed by atoms with Crippen LogP contribution in [-0.4, -0.2) is 13.1 Å². The Balaban J connectivity index is 2.20. The molecule has 0 bridgehead atoms. The molecule has 0 aliphatic carbocycles. The van der Waals surface area contributed by atoms with Crippen molar-refractivity contribution in [3.8, 4) is 0 Å². The largest absolute Gasteiger partial charge is 0.399 e. The fourth-order valence-electron chi connectivity index (χ4n) is 2.03. The van der Waals surface area contributed by atoms with Gasteiger partial charge in [-0.05, 0) is 36.2 Å². The number of nitrogens with one attached hydrogen (secondary N) is 1. The number of anilines is 3. The zero-order valence-corrected chi connectivity index (χ0v) is 11.8. The van der Waals surface area contributed by atoms with Crippen LogP contribution in [0.1, 0.15) is 12.5 Å². The normalized spacial score (nSPS) is 10.1. The monoisotopic (exact) mass is 269 g/mol. The van der Waals surface area contributed by atoms with Gasteiger partial charge in [0.1, 0.15) is 0 Å². The van der Waals surface area contributed by atoms with E-state index in [1.807, 2.05) is 48.5 Å². The van der Waals surface area contributed by atoms with E-state index in [1.54, 1.807) is 11.9 Å². The standard InChI is InChI=1S/C16H19N3O/c1-3-12-9-10-13(17)11-15(12)19(2)16(20)18-14-7-5-4-6-8-14/h4-11H,3,17H2,1-2H3,(H,18,20). The van der Waals surface area contributed by atoms with E-state index in [-0.39, 0.29) is 6.03 Å². The number of aryl methyl sites for hydroxylation is 1. The molecular weight excluding hydrogens is 250 g/mol. The summed E-state index contributed by atoms with van der Waals surface area (Å²) in [5, 5.41) is 2.86. The number of urea groups is 1. The lowest BCUT2D eigenvalue weighted by Gasteiger charge is -2.21. The first-order chi connectivity index (χ1) is 9.61. The van der Waals surface area contributed by atoms with Gasteiger partial charge in [-0.3, -0.25) is 4.90 Å². The highest BCUT2D eigenvalue weighted by Crippen LogP contribution is 2.24. The van der Waals surface area contributed by atoms with Crippen molar-refractivity contribution >= 4 is 23.1 Å². The molecule has 2 amide bonds. The van der Waals surface area contributed by atoms with Crippen molar-refractivity contribution < 1.29 is 4.79 Å². The van der Waals surface area contributed by atoms with Crippen molar-refractivity contribution in [1.29, 1.82) is 0 Å². The molecular formula is C16H19N3O. The van der Waals surface area contributed by atoms with E-state index in [0.29, 0.717) is 5.69 Å². The Morgan fingerprint density at radius 2 is 1.90 bits per heavy atom. The summed E-state index contributed by atoms with van der Waals surface area (Å²) in [6, 6.07) is 14.8. The number of hydrogen-bond acceptors (Lipinski definition) is 2. The number of para-hydroxylation sites is 1. The lowest BCUT2D eigenvalue weighted by molar-refractivity contribution is 0.258. The third-order valence-corrected chi connectivity index (χ3v) is 3.18. The first-order valence-electron chi connectivity index (χ1n) is 6.60. The van der Waals surface area contributed by atoms with Crippen molar-refractivity contribution in [1.82, 2.24) is 0 Å². The van der Waals surface area contributed by atoms with Crippen LogP contribution in [0.2, 0.25) is 0 Å². The smallest absolute Gasteiger partial charge is 0.326 e. The van der Waals surface area contributed by atoms with Gasteiger partial charge in [0.25, 0.3) is 0 Å². The number of nitrogens with two attached hydrogens (primary N) is 1. The summed E-state index contributed by atoms with van der Waals surface area (Å²) in [4.78, 5) is 13.9. The Morgan fingerprint density at radius 3 is 2.55 bits per heavy atom. The predicted octanol–water partition coefficient (Wildman–Crippen LogP) is 3.50. The molecule has 0 heterocycles. The predicted molar refractivity (Wildman–Crippen MR) is 84.1 cm³/mol. The second-order valence-corrected chi connectivity index (χ2v) is 4.60. The highest BCUT2D eigenvalue weighted by atomic mass is 16.2. The third kappa shape index (κ3) is 3.09. The summed E-state index contributed by atoms with van der Waals surface area (Å²) in [6.07, 6.45) is 0.846. The van der Waals surface area contributed by atoms with Gasteiger partial charge in [-0.2, -0.15) is 0 Å². The van der Waals surface area contributed by atoms with Crippen LogP contribution in [0.25, 0.3) is 0 Å². The number of nitrogens with zero attached hydrogens (tertiary/aromatic N) is 1. The summed E-state index contributed by atoms with van der Waals surface area (Å²) in [5.41, 5.74) is 9.16. The molecule has 0 radical (unpaired) electrons. The minimum absolute atomic E-state index is 0.184. The lowest BCUT2D eigenvalue weighted by atomic mass is 10.1. The van der Waals surface area contributed by atoms with Crippen LogP contribution in [0.15, 0.2) is 48.5 Å². The fourth-order valence-corrected chi connectivity index (χ4v) is 2.03. The Bertz CT molecular complexity index is 596. The Morgan fingerprint density at radius 1 is 1.20 bits per heavy atom. The Hall–Kier alpha value is -2.49. The molecule has 0 saturated carbocycles. The minimum atomic E-state index is -0.184. The molecule has 4 heteroatoms. The number of rotatable bonds is 3. The quantitative estimate of drug-likeness (QED) is 0.838. The van der Waals surface area contributed by atoms with Crippen LogP contribution in [0, 0.1) is 0 Å². The van der Waals surface area contributed by atoms with Gasteiger partial charge in [0.05, 0.1) is 5.69 Å². The molecule has 0 aliphatic heterocycles. The average Bonchev–Trinajstić information content (AvgIpc) is 2.47. The molecule has 0 aliphatic rings. The molecule has 20 heavy (non-hydrogen) atoms. The number of carbonyl (C=O) groups is 1. The molecule has 0 aromatic heterocycles. The molecule has 0 atom stereocenters. The summed E-state index contributed by atoms with van der Waals surface area (Å²) < 4.78 is 0. The van der Waals surface area contributed by atoms with Gasteiger partial charge in [0.15, 0.2) is 0 Å². The van der Waals surface area contributed by atoms with Crippen molar-refractivity contribution in [3.05, 3.63) is 54.1 Å². The number of nitrogen functional groups attached to an aromatic ring is 1. The van der Waals surface area contributed by atoms with Crippen molar-refractivity contribution in [2.75, 3.05) is 23.0 Å². The molecule has 2 rings (SSSR count). The number of amides is 2. The topological polar surface area (TPSA) is 58.4 Å². The third-order valence-electron chi connectivity index (χ3n) is 3.18. The second-order valence-electron chi connectivity index (χ2n) is 4.60. The SMILES string of the molecule is CCc1ccc(N)cc1N(C)C(=O)Nc1ccccc1. The van der Waals surface area contributed by atoms with Crippen LogP contribution >= 0.6 is 0 Å². The number of hydrogen-bond donors (Lipinski definition) is 2. The number of carbonyl (C=O) groups excluding carboxylic acids is 1. The minimum Gasteiger partial charge on any atom is -0.399 e. The van der Waals surface area contributed by atoms with Crippen molar-refractivity contribution in [3.63, 3.8) is 0 Å². The first kappa shape index (κ1) is 13.9. The summed E-state index contributed by atoms with van der Waals surface area (Å²) in [6.45, 7) is 2.05. The molecule has 0 saturated heterocycles. The molecule has 3 N–H and O–H groups in total. The Kier molecular flexibility index (Phi) is 4.25. The van der Waals surface area contributed by atoms with E-state index in [1.165, 1.54) is 0 Å². The molecule has 0 unspecified atom stereocenters. The van der Waals surface area contributed by atoms with E-state index >= 15 is 0 Å². The van der Waals surface area contributed by atoms with E-state index < -0.39 is 0 Å². The van der Waals surface area contributed by atoms with Gasteiger partial charge in [-0.15, -0.1) is 0 Å². The molecule has 0 fully saturated rings. The van der Waals surface area contributed by atoms with E-state index in [9.17, 15) is 4.79 Å². The van der Waals surface area contributed by atoms with Crippen molar-refractivity contribution in [2.24, 2.45) is 0 Å². The molecule has 104 valence electrons. The second kappa shape index (κ2) is 6.10. The Labute approximate surface area is 119 Å². The summed E-state index contributed by atoms with van der Waals surface area (Å²) in [7, 11) is 1.74. The first-order valence-corrected chi connectivity index (χ1v) is 6.60. The molecule has 4 nitrogen and oxygen atoms in total. The van der Waals surface area contributed by atoms with Crippen molar-refractivity contribution in [2.45, 2.75) is 13.3 Å². The molecule has 2 aromatic rings. The van der Waals surface area contributed by atoms with Gasteiger partial charge in [-0.1, -0.05) is 31.2 Å². The van der Waals surface area contributed by atoms with Crippen LogP contribution in [-0.2, 0) is 6.42 Å². The molecule has 2 aromatic carbocycles. The maximum atomic E-state index is 12.3. The van der Waals surface area contributed by atoms with Crippen LogP contribution in [0.4, 0.5) is 21.9 Å². The van der Waals surface area contributed by atoms with Gasteiger partial charge in [0.2, 0.25) is 0 Å². The highest BCUT2D eigenvalue weighted by Gasteiger charge is 2.14. The van der Waals surface area contributed by atoms with E-state index in [2.05, 4.69) is 12.2 Å². The zero-order valence-electron chi connectivity index (χ0n) is 11.8. The van der Waals surface area contributed by atoms with E-state index in [4.69, 9.17) is 5.73 Å². The zero-order chi connectivity index (χ0) is 14.5. The summed E-state index contributed by atoms with van der Waals surface area (Å²) in [5.74, 6) is 0. The number of benzene rings is 2. The highest BCUT2D eigenvalue weighted by molar-refractivity contribution is 6.02. The lowest BCUT2D eigenvalue weighted by Crippen LogP contribution is -2.31. The fraction of sp³-hybridized carbons (Fsp3) is 0.188. The van der Waals surface area contributed by atoms with Gasteiger partial charge >= 0.3 is 6.03 Å². The van der Waals surface area contributed by atoms with Crippen LogP contribution < -0.4 is 16.0 Å². The molecule has 0 spiro atoms. The average molecular weight is 269 g/mol. The van der Waals surface area contributed by atoms with Crippen LogP contribution in [0.3, 0.4) is 0 Å². The maximum Gasteiger partial charge on any atom is 0.326 e. The van der Waals surface area contributed by atoms with Gasteiger partial charge in [0, 0.05) is 18.4 Å².